The molecule has 1 unspecified atom stereocenters. The van der Waals surface area contributed by atoms with Crippen molar-refractivity contribution in [3.8, 4) is 0 Å². The summed E-state index contributed by atoms with van der Waals surface area (Å²) in [6, 6.07) is 14.2. The van der Waals surface area contributed by atoms with Gasteiger partial charge in [-0.05, 0) is 42.8 Å². The van der Waals surface area contributed by atoms with Crippen LogP contribution in [0, 0.1) is 6.92 Å². The highest BCUT2D eigenvalue weighted by Crippen LogP contribution is 2.43. The molecule has 0 radical (unpaired) electrons. The molecular weight excluding hydrogens is 413 g/mol. The molecule has 0 saturated heterocycles. The summed E-state index contributed by atoms with van der Waals surface area (Å²) in [5.74, 6) is -1.88. The fourth-order valence-electron chi connectivity index (χ4n) is 3.48. The van der Waals surface area contributed by atoms with E-state index in [4.69, 9.17) is 27.6 Å². The number of Topliss-reactive ketones (excluding diaryl/α,β-unsaturated/α-hetero) is 1. The molecule has 5 nitrogen and oxygen atoms in total. The maximum absolute atomic E-state index is 13.1. The molecule has 4 rings (SSSR count). The highest BCUT2D eigenvalue weighted by Gasteiger charge is 2.45. The largest absolute Gasteiger partial charge is 0.503 e. The topological polar surface area (TPSA) is 70.7 Å². The zero-order valence-electron chi connectivity index (χ0n) is 15.2. The van der Waals surface area contributed by atoms with Gasteiger partial charge in [-0.1, -0.05) is 53.0 Å². The lowest BCUT2D eigenvalue weighted by Gasteiger charge is -2.27. The lowest BCUT2D eigenvalue weighted by Crippen LogP contribution is -2.31. The molecule has 3 aromatic rings. The Morgan fingerprint density at radius 3 is 2.41 bits per heavy atom. The Morgan fingerprint density at radius 1 is 1.07 bits per heavy atom. The molecule has 0 saturated carbocycles. The normalized spacial score (nSPS) is 16.6. The lowest BCUT2D eigenvalue weighted by atomic mass is 9.94. The number of hydrogen-bond donors (Lipinski definition) is 1. The molecule has 2 aromatic carbocycles. The van der Waals surface area contributed by atoms with Crippen molar-refractivity contribution < 1.29 is 19.1 Å². The van der Waals surface area contributed by atoms with E-state index >= 15 is 0 Å². The van der Waals surface area contributed by atoms with Crippen LogP contribution in [0.1, 0.15) is 27.7 Å². The number of nitrogens with zero attached hydrogens (tertiary/aromatic N) is 1. The summed E-state index contributed by atoms with van der Waals surface area (Å²) in [7, 11) is 0. The summed E-state index contributed by atoms with van der Waals surface area (Å²) in [4.78, 5) is 27.4. The Hall–Kier alpha value is -3.02. The Labute approximate surface area is 176 Å². The van der Waals surface area contributed by atoms with Crippen molar-refractivity contribution in [2.24, 2.45) is 0 Å². The van der Waals surface area contributed by atoms with Crippen LogP contribution >= 0.6 is 23.2 Å². The van der Waals surface area contributed by atoms with Crippen LogP contribution in [0.5, 0.6) is 0 Å². The van der Waals surface area contributed by atoms with Gasteiger partial charge >= 0.3 is 0 Å². The maximum atomic E-state index is 13.1. The fourth-order valence-corrected chi connectivity index (χ4v) is 3.99. The fraction of sp³-hybridized carbons (Fsp3) is 0.0909. The van der Waals surface area contributed by atoms with Crippen molar-refractivity contribution in [2.45, 2.75) is 13.0 Å². The van der Waals surface area contributed by atoms with E-state index in [1.165, 1.54) is 23.3 Å². The van der Waals surface area contributed by atoms with Crippen LogP contribution in [0.15, 0.2) is 76.6 Å². The molecule has 1 aliphatic rings. The molecule has 0 aliphatic carbocycles. The van der Waals surface area contributed by atoms with Crippen molar-refractivity contribution >= 4 is 40.6 Å². The van der Waals surface area contributed by atoms with Gasteiger partial charge in [0.1, 0.15) is 0 Å². The van der Waals surface area contributed by atoms with Gasteiger partial charge in [-0.3, -0.25) is 14.5 Å². The minimum atomic E-state index is -0.866. The number of ketones is 1. The van der Waals surface area contributed by atoms with Crippen LogP contribution in [0.25, 0.3) is 0 Å². The number of anilines is 1. The number of rotatable bonds is 4. The molecule has 0 fully saturated rings. The molecule has 1 amide bonds. The smallest absolute Gasteiger partial charge is 0.294 e. The van der Waals surface area contributed by atoms with E-state index in [-0.39, 0.29) is 11.3 Å². The van der Waals surface area contributed by atoms with E-state index in [0.717, 1.165) is 5.56 Å². The van der Waals surface area contributed by atoms with Gasteiger partial charge < -0.3 is 9.52 Å². The molecule has 2 heterocycles. The molecule has 29 heavy (non-hydrogen) atoms. The molecule has 1 aliphatic heterocycles. The van der Waals surface area contributed by atoms with Crippen LogP contribution in [0.3, 0.4) is 0 Å². The van der Waals surface area contributed by atoms with Gasteiger partial charge in [0.2, 0.25) is 5.78 Å². The van der Waals surface area contributed by atoms with E-state index < -0.39 is 23.5 Å². The zero-order valence-corrected chi connectivity index (χ0v) is 16.7. The molecule has 146 valence electrons. The SMILES string of the molecule is Cc1cccc(C2C(C(=O)c3ccco3)=C(O)C(=O)N2c2cc(Cl)cc(Cl)c2)c1. The first-order valence-corrected chi connectivity index (χ1v) is 9.50. The predicted octanol–water partition coefficient (Wildman–Crippen LogP) is 5.68. The average molecular weight is 428 g/mol. The number of aryl methyl sites for hydroxylation is 1. The van der Waals surface area contributed by atoms with Crippen molar-refractivity contribution in [1.29, 1.82) is 0 Å². The number of amides is 1. The number of aliphatic hydroxyl groups is 1. The first kappa shape index (κ1) is 19.3. The average Bonchev–Trinajstić information content (AvgIpc) is 3.28. The number of carbonyl (C=O) groups excluding carboxylic acids is 2. The predicted molar refractivity (Wildman–Crippen MR) is 111 cm³/mol. The molecule has 1 aromatic heterocycles. The number of hydrogen-bond acceptors (Lipinski definition) is 4. The van der Waals surface area contributed by atoms with E-state index in [1.807, 2.05) is 25.1 Å². The summed E-state index contributed by atoms with van der Waals surface area (Å²) >= 11 is 12.3. The molecule has 1 N–H and O–H groups in total. The number of furan rings is 1. The maximum Gasteiger partial charge on any atom is 0.294 e. The second-order valence-corrected chi connectivity index (χ2v) is 7.56. The number of carbonyl (C=O) groups is 2. The first-order chi connectivity index (χ1) is 13.9. The summed E-state index contributed by atoms with van der Waals surface area (Å²) in [6.07, 6.45) is 1.36. The van der Waals surface area contributed by atoms with Crippen molar-refractivity contribution in [3.63, 3.8) is 0 Å². The van der Waals surface area contributed by atoms with Crippen LogP contribution in [-0.2, 0) is 4.79 Å². The van der Waals surface area contributed by atoms with Crippen LogP contribution in [-0.4, -0.2) is 16.8 Å². The van der Waals surface area contributed by atoms with Crippen LogP contribution in [0.2, 0.25) is 10.0 Å². The molecule has 7 heteroatoms. The molecule has 1 atom stereocenters. The van der Waals surface area contributed by atoms with Gasteiger partial charge in [-0.15, -0.1) is 0 Å². The highest BCUT2D eigenvalue weighted by atomic mass is 35.5. The van der Waals surface area contributed by atoms with Crippen molar-refractivity contribution in [3.05, 3.63) is 99.1 Å². The third-order valence-electron chi connectivity index (χ3n) is 4.68. The van der Waals surface area contributed by atoms with Crippen LogP contribution in [0.4, 0.5) is 5.69 Å². The number of aliphatic hydroxyl groups excluding tert-OH is 1. The molecule has 0 bridgehead atoms. The van der Waals surface area contributed by atoms with E-state index in [2.05, 4.69) is 0 Å². The summed E-state index contributed by atoms with van der Waals surface area (Å²) in [6.45, 7) is 1.90. The summed E-state index contributed by atoms with van der Waals surface area (Å²) in [5, 5.41) is 11.3. The summed E-state index contributed by atoms with van der Waals surface area (Å²) in [5.41, 5.74) is 1.91. The van der Waals surface area contributed by atoms with Crippen molar-refractivity contribution in [1.82, 2.24) is 0 Å². The second kappa shape index (κ2) is 7.43. The minimum Gasteiger partial charge on any atom is -0.503 e. The van der Waals surface area contributed by atoms with Crippen LogP contribution < -0.4 is 4.90 Å². The van der Waals surface area contributed by atoms with Crippen molar-refractivity contribution in [2.75, 3.05) is 4.90 Å². The van der Waals surface area contributed by atoms with E-state index in [0.29, 0.717) is 21.3 Å². The third-order valence-corrected chi connectivity index (χ3v) is 5.12. The van der Waals surface area contributed by atoms with Gasteiger partial charge in [0.25, 0.3) is 5.91 Å². The Morgan fingerprint density at radius 2 is 1.79 bits per heavy atom. The molecule has 0 spiro atoms. The van der Waals surface area contributed by atoms with Gasteiger partial charge in [-0.2, -0.15) is 0 Å². The lowest BCUT2D eigenvalue weighted by molar-refractivity contribution is -0.117. The van der Waals surface area contributed by atoms with Gasteiger partial charge in [0.15, 0.2) is 11.5 Å². The second-order valence-electron chi connectivity index (χ2n) is 6.69. The number of benzene rings is 2. The van der Waals surface area contributed by atoms with Gasteiger partial charge in [-0.25, -0.2) is 0 Å². The monoisotopic (exact) mass is 427 g/mol. The first-order valence-electron chi connectivity index (χ1n) is 8.74. The summed E-state index contributed by atoms with van der Waals surface area (Å²) < 4.78 is 5.21. The standard InChI is InChI=1S/C22H15Cl2NO4/c1-12-4-2-5-13(8-12)19-18(20(26)17-6-3-7-29-17)21(27)22(28)25(19)16-10-14(23)9-15(24)11-16/h2-11,19,27H,1H3. The third kappa shape index (κ3) is 3.43. The number of halogens is 2. The highest BCUT2D eigenvalue weighted by molar-refractivity contribution is 6.35. The van der Waals surface area contributed by atoms with Gasteiger partial charge in [0, 0.05) is 15.7 Å². The van der Waals surface area contributed by atoms with E-state index in [9.17, 15) is 14.7 Å². The molecular formula is C22H15Cl2NO4. The minimum absolute atomic E-state index is 0.0305. The Bertz CT molecular complexity index is 1130. The zero-order chi connectivity index (χ0) is 20.7. The Kier molecular flexibility index (Phi) is 4.94. The van der Waals surface area contributed by atoms with E-state index in [1.54, 1.807) is 24.3 Å². The Balaban J connectivity index is 1.92. The van der Waals surface area contributed by atoms with Gasteiger partial charge in [0.05, 0.1) is 17.9 Å². The quantitative estimate of drug-likeness (QED) is 0.543.